The minimum atomic E-state index is -0.970. The van der Waals surface area contributed by atoms with Gasteiger partial charge in [-0.2, -0.15) is 5.26 Å². The first-order valence-corrected chi connectivity index (χ1v) is 8.97. The summed E-state index contributed by atoms with van der Waals surface area (Å²) in [6.07, 6.45) is 3.13. The third kappa shape index (κ3) is 5.35. The Kier molecular flexibility index (Phi) is 6.69. The van der Waals surface area contributed by atoms with E-state index in [-0.39, 0.29) is 6.42 Å². The number of esters is 1. The standard InChI is InChI=1S/C18H20Cl2N2O3/c1-12(17(24)22-18(11-21)7-3-2-4-8-18)25-16(23)10-13-5-6-14(19)15(20)9-13/h5-6,9,12H,2-4,7-8,10H2,1H3,(H,22,24)/t12-/m0/s1. The molecule has 0 unspecified atom stereocenters. The van der Waals surface area contributed by atoms with Crippen molar-refractivity contribution in [2.24, 2.45) is 0 Å². The Hall–Kier alpha value is -1.77. The summed E-state index contributed by atoms with van der Waals surface area (Å²) in [6.45, 7) is 1.50. The molecular formula is C18H20Cl2N2O3. The van der Waals surface area contributed by atoms with E-state index >= 15 is 0 Å². The molecule has 0 spiro atoms. The molecule has 1 N–H and O–H groups in total. The van der Waals surface area contributed by atoms with Gasteiger partial charge in [0.25, 0.3) is 5.91 Å². The van der Waals surface area contributed by atoms with Crippen molar-refractivity contribution in [2.75, 3.05) is 0 Å². The molecule has 1 amide bonds. The van der Waals surface area contributed by atoms with Crippen LogP contribution < -0.4 is 5.32 Å². The number of benzene rings is 1. The number of carbonyl (C=O) groups is 2. The van der Waals surface area contributed by atoms with Crippen molar-refractivity contribution in [1.29, 1.82) is 5.26 Å². The fraction of sp³-hybridized carbons (Fsp3) is 0.500. The van der Waals surface area contributed by atoms with E-state index in [1.165, 1.54) is 6.92 Å². The molecule has 1 aliphatic rings. The van der Waals surface area contributed by atoms with Crippen LogP contribution in [-0.4, -0.2) is 23.5 Å². The SMILES string of the molecule is C[C@H](OC(=O)Cc1ccc(Cl)c(Cl)c1)C(=O)NC1(C#N)CCCCC1. The van der Waals surface area contributed by atoms with Gasteiger partial charge in [-0.05, 0) is 37.5 Å². The van der Waals surface area contributed by atoms with Crippen LogP contribution in [0.2, 0.25) is 10.0 Å². The summed E-state index contributed by atoms with van der Waals surface area (Å²) >= 11 is 11.7. The first-order chi connectivity index (χ1) is 11.8. The maximum Gasteiger partial charge on any atom is 0.311 e. The summed E-state index contributed by atoms with van der Waals surface area (Å²) in [5, 5.41) is 12.9. The van der Waals surface area contributed by atoms with Gasteiger partial charge < -0.3 is 10.1 Å². The minimum absolute atomic E-state index is 0.0160. The highest BCUT2D eigenvalue weighted by atomic mass is 35.5. The summed E-state index contributed by atoms with van der Waals surface area (Å²) in [7, 11) is 0. The number of rotatable bonds is 5. The van der Waals surface area contributed by atoms with E-state index in [0.29, 0.717) is 28.5 Å². The van der Waals surface area contributed by atoms with E-state index in [9.17, 15) is 14.9 Å². The molecule has 5 nitrogen and oxygen atoms in total. The molecule has 7 heteroatoms. The number of nitrogens with one attached hydrogen (secondary N) is 1. The number of hydrogen-bond acceptors (Lipinski definition) is 4. The van der Waals surface area contributed by atoms with Crippen molar-refractivity contribution in [3.05, 3.63) is 33.8 Å². The van der Waals surface area contributed by atoms with Gasteiger partial charge in [-0.1, -0.05) is 48.5 Å². The topological polar surface area (TPSA) is 79.2 Å². The predicted octanol–water partition coefficient (Wildman–Crippen LogP) is 3.81. The summed E-state index contributed by atoms with van der Waals surface area (Å²) < 4.78 is 5.18. The van der Waals surface area contributed by atoms with Gasteiger partial charge in [-0.25, -0.2) is 0 Å². The average molecular weight is 383 g/mol. The van der Waals surface area contributed by atoms with Crippen LogP contribution in [0.15, 0.2) is 18.2 Å². The second-order valence-corrected chi connectivity index (χ2v) is 7.12. The van der Waals surface area contributed by atoms with Crippen molar-refractivity contribution in [2.45, 2.75) is 57.1 Å². The van der Waals surface area contributed by atoms with Gasteiger partial charge in [0.05, 0.1) is 22.5 Å². The molecule has 1 fully saturated rings. The molecule has 0 saturated heterocycles. The van der Waals surface area contributed by atoms with Crippen molar-refractivity contribution >= 4 is 35.1 Å². The van der Waals surface area contributed by atoms with Crippen LogP contribution in [-0.2, 0) is 20.7 Å². The first-order valence-electron chi connectivity index (χ1n) is 8.22. The Morgan fingerprint density at radius 3 is 2.56 bits per heavy atom. The van der Waals surface area contributed by atoms with E-state index < -0.39 is 23.5 Å². The van der Waals surface area contributed by atoms with Gasteiger partial charge in [0.2, 0.25) is 0 Å². The van der Waals surface area contributed by atoms with Crippen molar-refractivity contribution in [3.63, 3.8) is 0 Å². The number of halogens is 2. The average Bonchev–Trinajstić information content (AvgIpc) is 2.58. The third-order valence-electron chi connectivity index (χ3n) is 4.29. The van der Waals surface area contributed by atoms with Gasteiger partial charge in [0.1, 0.15) is 5.54 Å². The molecule has 0 heterocycles. The quantitative estimate of drug-likeness (QED) is 0.785. The summed E-state index contributed by atoms with van der Waals surface area (Å²) in [6, 6.07) is 7.07. The Morgan fingerprint density at radius 1 is 1.28 bits per heavy atom. The van der Waals surface area contributed by atoms with Gasteiger partial charge in [-0.3, -0.25) is 9.59 Å². The molecular weight excluding hydrogens is 363 g/mol. The van der Waals surface area contributed by atoms with Gasteiger partial charge >= 0.3 is 5.97 Å². The maximum absolute atomic E-state index is 12.3. The Bertz CT molecular complexity index is 694. The molecule has 0 aromatic heterocycles. The predicted molar refractivity (Wildman–Crippen MR) is 95.3 cm³/mol. The number of hydrogen-bond donors (Lipinski definition) is 1. The lowest BCUT2D eigenvalue weighted by Crippen LogP contribution is -2.52. The van der Waals surface area contributed by atoms with Gasteiger partial charge in [0, 0.05) is 0 Å². The number of nitriles is 1. The molecule has 25 heavy (non-hydrogen) atoms. The first kappa shape index (κ1) is 19.6. The fourth-order valence-electron chi connectivity index (χ4n) is 2.87. The largest absolute Gasteiger partial charge is 0.452 e. The Morgan fingerprint density at radius 2 is 1.96 bits per heavy atom. The second kappa shape index (κ2) is 8.55. The van der Waals surface area contributed by atoms with Crippen LogP contribution in [0.5, 0.6) is 0 Å². The molecule has 1 atom stereocenters. The van der Waals surface area contributed by atoms with E-state index in [1.54, 1.807) is 18.2 Å². The molecule has 0 radical (unpaired) electrons. The van der Waals surface area contributed by atoms with Crippen LogP contribution >= 0.6 is 23.2 Å². The van der Waals surface area contributed by atoms with Crippen LogP contribution in [0.25, 0.3) is 0 Å². The van der Waals surface area contributed by atoms with Crippen LogP contribution in [0.4, 0.5) is 0 Å². The molecule has 1 aromatic rings. The smallest absolute Gasteiger partial charge is 0.311 e. The van der Waals surface area contributed by atoms with Crippen molar-refractivity contribution in [3.8, 4) is 6.07 Å². The summed E-state index contributed by atoms with van der Waals surface area (Å²) in [5.74, 6) is -0.998. The van der Waals surface area contributed by atoms with Crippen molar-refractivity contribution < 1.29 is 14.3 Å². The molecule has 1 aromatic carbocycles. The molecule has 134 valence electrons. The number of carbonyl (C=O) groups excluding carboxylic acids is 2. The zero-order valence-electron chi connectivity index (χ0n) is 14.0. The number of amides is 1. The normalized spacial score (nSPS) is 17.2. The monoisotopic (exact) mass is 382 g/mol. The fourth-order valence-corrected chi connectivity index (χ4v) is 3.19. The van der Waals surface area contributed by atoms with Crippen LogP contribution in [0, 0.1) is 11.3 Å². The highest BCUT2D eigenvalue weighted by molar-refractivity contribution is 6.42. The second-order valence-electron chi connectivity index (χ2n) is 6.30. The molecule has 0 aliphatic heterocycles. The van der Waals surface area contributed by atoms with E-state index in [4.69, 9.17) is 27.9 Å². The summed E-state index contributed by atoms with van der Waals surface area (Å²) in [4.78, 5) is 24.3. The zero-order valence-corrected chi connectivity index (χ0v) is 15.5. The van der Waals surface area contributed by atoms with Gasteiger partial charge in [-0.15, -0.1) is 0 Å². The Balaban J connectivity index is 1.90. The van der Waals surface area contributed by atoms with Crippen LogP contribution in [0.1, 0.15) is 44.6 Å². The van der Waals surface area contributed by atoms with Gasteiger partial charge in [0.15, 0.2) is 6.10 Å². The molecule has 1 saturated carbocycles. The lowest BCUT2D eigenvalue weighted by Gasteiger charge is -2.32. The molecule has 0 bridgehead atoms. The lowest BCUT2D eigenvalue weighted by molar-refractivity contribution is -0.154. The number of nitrogens with zero attached hydrogens (tertiary/aromatic N) is 1. The number of ether oxygens (including phenoxy) is 1. The highest BCUT2D eigenvalue weighted by Gasteiger charge is 2.35. The maximum atomic E-state index is 12.3. The van der Waals surface area contributed by atoms with E-state index in [2.05, 4.69) is 11.4 Å². The van der Waals surface area contributed by atoms with Crippen LogP contribution in [0.3, 0.4) is 0 Å². The highest BCUT2D eigenvalue weighted by Crippen LogP contribution is 2.27. The molecule has 1 aliphatic carbocycles. The zero-order chi connectivity index (χ0) is 18.4. The van der Waals surface area contributed by atoms with E-state index in [1.807, 2.05) is 0 Å². The Labute approximate surface area is 157 Å². The third-order valence-corrected chi connectivity index (χ3v) is 5.03. The minimum Gasteiger partial charge on any atom is -0.452 e. The van der Waals surface area contributed by atoms with Crippen molar-refractivity contribution in [1.82, 2.24) is 5.32 Å². The lowest BCUT2D eigenvalue weighted by atomic mass is 9.83. The van der Waals surface area contributed by atoms with E-state index in [0.717, 1.165) is 19.3 Å². The summed E-state index contributed by atoms with van der Waals surface area (Å²) in [5.41, 5.74) is -0.201. The molecule has 2 rings (SSSR count).